The lowest BCUT2D eigenvalue weighted by Gasteiger charge is -2.18. The Bertz CT molecular complexity index is 520. The van der Waals surface area contributed by atoms with Gasteiger partial charge in [0.25, 0.3) is 0 Å². The lowest BCUT2D eigenvalue weighted by molar-refractivity contribution is -0.136. The molecule has 1 rings (SSSR count). The van der Waals surface area contributed by atoms with Gasteiger partial charge in [0.2, 0.25) is 0 Å². The number of carbonyl (C=O) groups is 2. The van der Waals surface area contributed by atoms with Crippen molar-refractivity contribution >= 4 is 22.8 Å². The molecular formula is C14H17FO5S. The van der Waals surface area contributed by atoms with Crippen LogP contribution >= 0.6 is 11.8 Å². The molecule has 5 nitrogen and oxygen atoms in total. The molecule has 0 aromatic heterocycles. The van der Waals surface area contributed by atoms with Crippen molar-refractivity contribution in [1.82, 2.24) is 0 Å². The van der Waals surface area contributed by atoms with Crippen LogP contribution in [-0.4, -0.2) is 38.3 Å². The van der Waals surface area contributed by atoms with Gasteiger partial charge in [-0.3, -0.25) is 9.59 Å². The average molecular weight is 316 g/mol. The summed E-state index contributed by atoms with van der Waals surface area (Å²) in [7, 11) is 0. The standard InChI is InChI=1S/C14H17FO5S/c1-8(16)21-5-4-12(17)14(20)10-3-2-9(7-13(18)19)11(15)6-10/h2-3,6,12,14,17,20H,4-5,7H2,1H3,(H,18,19). The van der Waals surface area contributed by atoms with E-state index in [1.807, 2.05) is 0 Å². The number of benzene rings is 1. The van der Waals surface area contributed by atoms with Crippen molar-refractivity contribution in [3.05, 3.63) is 35.1 Å². The van der Waals surface area contributed by atoms with E-state index in [1.54, 1.807) is 0 Å². The zero-order valence-corrected chi connectivity index (χ0v) is 12.3. The van der Waals surface area contributed by atoms with Crippen LogP contribution in [0.2, 0.25) is 0 Å². The van der Waals surface area contributed by atoms with Gasteiger partial charge in [-0.2, -0.15) is 0 Å². The Labute approximate surface area is 125 Å². The molecule has 3 N–H and O–H groups in total. The maximum atomic E-state index is 13.7. The lowest BCUT2D eigenvalue weighted by atomic mass is 10.00. The maximum absolute atomic E-state index is 13.7. The summed E-state index contributed by atoms with van der Waals surface area (Å²) in [6.07, 6.45) is -2.67. The van der Waals surface area contributed by atoms with Crippen LogP contribution in [0.1, 0.15) is 30.6 Å². The molecule has 0 fully saturated rings. The molecular weight excluding hydrogens is 299 g/mol. The van der Waals surface area contributed by atoms with Crippen molar-refractivity contribution in [2.75, 3.05) is 5.75 Å². The number of hydrogen-bond donors (Lipinski definition) is 3. The van der Waals surface area contributed by atoms with E-state index in [1.165, 1.54) is 19.1 Å². The Kier molecular flexibility index (Phi) is 6.80. The van der Waals surface area contributed by atoms with Crippen LogP contribution in [0.3, 0.4) is 0 Å². The molecule has 21 heavy (non-hydrogen) atoms. The number of carboxylic acid groups (broad SMARTS) is 1. The van der Waals surface area contributed by atoms with Crippen LogP contribution in [0.25, 0.3) is 0 Å². The largest absolute Gasteiger partial charge is 0.481 e. The third-order valence-corrected chi connectivity index (χ3v) is 3.69. The summed E-state index contributed by atoms with van der Waals surface area (Å²) in [4.78, 5) is 21.3. The third kappa shape index (κ3) is 5.82. The molecule has 0 aliphatic rings. The molecule has 1 aromatic carbocycles. The predicted octanol–water partition coefficient (Wildman–Crippen LogP) is 1.52. The Balaban J connectivity index is 2.69. The number of aliphatic carboxylic acids is 1. The van der Waals surface area contributed by atoms with Gasteiger partial charge in [-0.05, 0) is 23.6 Å². The summed E-state index contributed by atoms with van der Waals surface area (Å²) in [5, 5.41) is 28.3. The number of halogens is 1. The topological polar surface area (TPSA) is 94.8 Å². The molecule has 0 aliphatic heterocycles. The highest BCUT2D eigenvalue weighted by atomic mass is 32.2. The van der Waals surface area contributed by atoms with Crippen molar-refractivity contribution in [2.45, 2.75) is 32.0 Å². The quantitative estimate of drug-likeness (QED) is 0.706. The second-order valence-corrected chi connectivity index (χ2v) is 5.83. The number of carbonyl (C=O) groups excluding carboxylic acids is 1. The average Bonchev–Trinajstić information content (AvgIpc) is 2.39. The fourth-order valence-electron chi connectivity index (χ4n) is 1.76. The van der Waals surface area contributed by atoms with Crippen LogP contribution in [0.5, 0.6) is 0 Å². The van der Waals surface area contributed by atoms with Crippen molar-refractivity contribution in [3.63, 3.8) is 0 Å². The molecule has 2 unspecified atom stereocenters. The third-order valence-electron chi connectivity index (χ3n) is 2.84. The number of hydrogen-bond acceptors (Lipinski definition) is 5. The Morgan fingerprint density at radius 3 is 2.52 bits per heavy atom. The second-order valence-electron chi connectivity index (χ2n) is 4.56. The summed E-state index contributed by atoms with van der Waals surface area (Å²) in [6, 6.07) is 3.68. The molecule has 2 atom stereocenters. The highest BCUT2D eigenvalue weighted by Gasteiger charge is 2.20. The molecule has 1 aromatic rings. The first-order chi connectivity index (χ1) is 9.81. The normalized spacial score (nSPS) is 13.7. The van der Waals surface area contributed by atoms with Crippen molar-refractivity contribution in [3.8, 4) is 0 Å². The van der Waals surface area contributed by atoms with Crippen LogP contribution < -0.4 is 0 Å². The van der Waals surface area contributed by atoms with E-state index in [0.717, 1.165) is 17.8 Å². The van der Waals surface area contributed by atoms with E-state index in [9.17, 15) is 24.2 Å². The molecule has 0 amide bonds. The van der Waals surface area contributed by atoms with Gasteiger partial charge >= 0.3 is 5.97 Å². The first-order valence-electron chi connectivity index (χ1n) is 6.31. The number of aliphatic hydroxyl groups is 2. The molecule has 0 spiro atoms. The Morgan fingerprint density at radius 2 is 2.00 bits per heavy atom. The van der Waals surface area contributed by atoms with E-state index >= 15 is 0 Å². The number of carboxylic acids is 1. The summed E-state index contributed by atoms with van der Waals surface area (Å²) in [5.41, 5.74) is 0.182. The number of thioether (sulfide) groups is 1. The smallest absolute Gasteiger partial charge is 0.307 e. The highest BCUT2D eigenvalue weighted by Crippen LogP contribution is 2.23. The van der Waals surface area contributed by atoms with Crippen LogP contribution in [0.15, 0.2) is 18.2 Å². The molecule has 7 heteroatoms. The monoisotopic (exact) mass is 316 g/mol. The number of aliphatic hydroxyl groups excluding tert-OH is 2. The van der Waals surface area contributed by atoms with Crippen LogP contribution in [0, 0.1) is 5.82 Å². The van der Waals surface area contributed by atoms with Crippen molar-refractivity contribution in [2.24, 2.45) is 0 Å². The van der Waals surface area contributed by atoms with Crippen molar-refractivity contribution in [1.29, 1.82) is 0 Å². The van der Waals surface area contributed by atoms with Gasteiger partial charge in [-0.15, -0.1) is 0 Å². The summed E-state index contributed by atoms with van der Waals surface area (Å²) < 4.78 is 13.7. The molecule has 0 aliphatic carbocycles. The summed E-state index contributed by atoms with van der Waals surface area (Å²) >= 11 is 1.04. The first-order valence-corrected chi connectivity index (χ1v) is 7.29. The van der Waals surface area contributed by atoms with Crippen LogP contribution in [0.4, 0.5) is 4.39 Å². The number of rotatable bonds is 7. The summed E-state index contributed by atoms with van der Waals surface area (Å²) in [5.74, 6) is -1.53. The van der Waals surface area contributed by atoms with E-state index in [-0.39, 0.29) is 22.7 Å². The fraction of sp³-hybridized carbons (Fsp3) is 0.429. The van der Waals surface area contributed by atoms with E-state index in [0.29, 0.717) is 5.75 Å². The molecule has 0 heterocycles. The molecule has 0 saturated carbocycles. The van der Waals surface area contributed by atoms with E-state index in [4.69, 9.17) is 5.11 Å². The van der Waals surface area contributed by atoms with Gasteiger partial charge in [0.05, 0.1) is 12.5 Å². The minimum absolute atomic E-state index is 0.0140. The van der Waals surface area contributed by atoms with Gasteiger partial charge in [-0.25, -0.2) is 4.39 Å². The molecule has 0 radical (unpaired) electrons. The van der Waals surface area contributed by atoms with Crippen LogP contribution in [-0.2, 0) is 16.0 Å². The predicted molar refractivity (Wildman–Crippen MR) is 76.5 cm³/mol. The minimum atomic E-state index is -1.29. The SMILES string of the molecule is CC(=O)SCCC(O)C(O)c1ccc(CC(=O)O)c(F)c1. The van der Waals surface area contributed by atoms with Gasteiger partial charge in [0.1, 0.15) is 11.9 Å². The fourth-order valence-corrected chi connectivity index (χ4v) is 2.40. The Hall–Kier alpha value is -1.44. The van der Waals surface area contributed by atoms with Gasteiger partial charge in [0, 0.05) is 12.7 Å². The highest BCUT2D eigenvalue weighted by molar-refractivity contribution is 8.13. The van der Waals surface area contributed by atoms with Crippen molar-refractivity contribution < 1.29 is 29.3 Å². The van der Waals surface area contributed by atoms with Gasteiger partial charge < -0.3 is 15.3 Å². The van der Waals surface area contributed by atoms with Gasteiger partial charge in [-0.1, -0.05) is 23.9 Å². The van der Waals surface area contributed by atoms with Gasteiger partial charge in [0.15, 0.2) is 5.12 Å². The molecule has 0 bridgehead atoms. The second kappa shape index (κ2) is 8.11. The Morgan fingerprint density at radius 1 is 1.33 bits per heavy atom. The molecule has 0 saturated heterocycles. The summed E-state index contributed by atoms with van der Waals surface area (Å²) in [6.45, 7) is 1.41. The zero-order valence-electron chi connectivity index (χ0n) is 11.5. The maximum Gasteiger partial charge on any atom is 0.307 e. The zero-order chi connectivity index (χ0) is 16.0. The lowest BCUT2D eigenvalue weighted by Crippen LogP contribution is -2.19. The molecule has 116 valence electrons. The van der Waals surface area contributed by atoms with E-state index < -0.39 is 30.4 Å². The minimum Gasteiger partial charge on any atom is -0.481 e. The first kappa shape index (κ1) is 17.6. The van der Waals surface area contributed by atoms with E-state index in [2.05, 4.69) is 0 Å².